The van der Waals surface area contributed by atoms with E-state index < -0.39 is 6.04 Å². The van der Waals surface area contributed by atoms with Crippen LogP contribution in [0.4, 0.5) is 0 Å². The maximum absolute atomic E-state index is 12.9. The van der Waals surface area contributed by atoms with Gasteiger partial charge in [-0.25, -0.2) is 4.98 Å². The molecule has 1 aromatic heterocycles. The number of carbonyl (C=O) groups excluding carboxylic acids is 1. The van der Waals surface area contributed by atoms with Gasteiger partial charge in [0.15, 0.2) is 6.61 Å². The van der Waals surface area contributed by atoms with Gasteiger partial charge in [-0.2, -0.15) is 0 Å². The number of ether oxygens (including phenoxy) is 2. The van der Waals surface area contributed by atoms with Crippen LogP contribution < -0.4 is 14.8 Å². The van der Waals surface area contributed by atoms with Crippen LogP contribution in [0.2, 0.25) is 5.02 Å². The van der Waals surface area contributed by atoms with E-state index in [0.29, 0.717) is 22.3 Å². The summed E-state index contributed by atoms with van der Waals surface area (Å²) >= 11 is 6.27. The fourth-order valence-corrected chi connectivity index (χ4v) is 3.61. The minimum absolute atomic E-state index is 0.128. The molecule has 1 N–H and O–H groups in total. The molecule has 0 aliphatic rings. The van der Waals surface area contributed by atoms with Crippen molar-refractivity contribution in [2.75, 3.05) is 13.7 Å². The minimum Gasteiger partial charge on any atom is -0.496 e. The van der Waals surface area contributed by atoms with Gasteiger partial charge in [0.05, 0.1) is 7.11 Å². The Bertz CT molecular complexity index is 1060. The predicted octanol–water partition coefficient (Wildman–Crippen LogP) is 4.80. The summed E-state index contributed by atoms with van der Waals surface area (Å²) in [6, 6.07) is 10.9. The number of hydrogen-bond donors (Lipinski definition) is 1. The lowest BCUT2D eigenvalue weighted by Gasteiger charge is -2.22. The first kappa shape index (κ1) is 22.7. The molecule has 0 aliphatic heterocycles. The average molecular weight is 442 g/mol. The summed E-state index contributed by atoms with van der Waals surface area (Å²) in [7, 11) is 3.49. The van der Waals surface area contributed by atoms with Crippen LogP contribution in [-0.4, -0.2) is 29.2 Å². The number of rotatable bonds is 8. The van der Waals surface area contributed by atoms with E-state index in [1.807, 2.05) is 61.1 Å². The standard InChI is InChI=1S/C24H28ClN3O3/c1-15(2)18-13-19(25)16(3)12-21(18)31-14-22(29)27-23(24-26-10-11-28(24)4)17-8-6-7-9-20(17)30-5/h6-13,15,23H,14H2,1-5H3,(H,27,29). The molecule has 1 atom stereocenters. The number of hydrogen-bond acceptors (Lipinski definition) is 4. The van der Waals surface area contributed by atoms with Gasteiger partial charge in [0, 0.05) is 30.0 Å². The molecule has 0 radical (unpaired) electrons. The van der Waals surface area contributed by atoms with E-state index in [4.69, 9.17) is 21.1 Å². The number of benzene rings is 2. The Balaban J connectivity index is 1.83. The smallest absolute Gasteiger partial charge is 0.258 e. The second-order valence-electron chi connectivity index (χ2n) is 7.72. The number of nitrogens with zero attached hydrogens (tertiary/aromatic N) is 2. The molecule has 6 nitrogen and oxygen atoms in total. The highest BCUT2D eigenvalue weighted by Gasteiger charge is 2.24. The molecule has 1 unspecified atom stereocenters. The molecular weight excluding hydrogens is 414 g/mol. The zero-order valence-electron chi connectivity index (χ0n) is 18.5. The van der Waals surface area contributed by atoms with Crippen molar-refractivity contribution in [1.82, 2.24) is 14.9 Å². The van der Waals surface area contributed by atoms with Crippen LogP contribution in [0.15, 0.2) is 48.8 Å². The lowest BCUT2D eigenvalue weighted by atomic mass is 10.0. The van der Waals surface area contributed by atoms with E-state index in [0.717, 1.165) is 16.7 Å². The SMILES string of the molecule is COc1ccccc1C(NC(=O)COc1cc(C)c(Cl)cc1C(C)C)c1nccn1C. The van der Waals surface area contributed by atoms with Gasteiger partial charge in [-0.15, -0.1) is 0 Å². The molecule has 0 fully saturated rings. The molecule has 1 amide bonds. The third kappa shape index (κ3) is 5.20. The van der Waals surface area contributed by atoms with Gasteiger partial charge in [0.2, 0.25) is 0 Å². The normalized spacial score (nSPS) is 12.0. The number of methoxy groups -OCH3 is 1. The number of amides is 1. The molecule has 1 heterocycles. The van der Waals surface area contributed by atoms with E-state index >= 15 is 0 Å². The van der Waals surface area contributed by atoms with E-state index in [-0.39, 0.29) is 18.4 Å². The summed E-state index contributed by atoms with van der Waals surface area (Å²) in [6.45, 7) is 5.91. The molecule has 2 aromatic carbocycles. The Morgan fingerprint density at radius 1 is 1.19 bits per heavy atom. The van der Waals surface area contributed by atoms with Gasteiger partial charge >= 0.3 is 0 Å². The topological polar surface area (TPSA) is 65.4 Å². The maximum Gasteiger partial charge on any atom is 0.258 e. The fraction of sp³-hybridized carbons (Fsp3) is 0.333. The highest BCUT2D eigenvalue weighted by atomic mass is 35.5. The third-order valence-corrected chi connectivity index (χ3v) is 5.55. The third-order valence-electron chi connectivity index (χ3n) is 5.14. The highest BCUT2D eigenvalue weighted by molar-refractivity contribution is 6.31. The molecule has 0 bridgehead atoms. The van der Waals surface area contributed by atoms with Crippen LogP contribution in [0.5, 0.6) is 11.5 Å². The number of aryl methyl sites for hydroxylation is 2. The maximum atomic E-state index is 12.9. The minimum atomic E-state index is -0.483. The molecule has 3 aromatic rings. The molecule has 0 saturated heterocycles. The van der Waals surface area contributed by atoms with Crippen molar-refractivity contribution in [2.24, 2.45) is 7.05 Å². The number of para-hydroxylation sites is 1. The van der Waals surface area contributed by atoms with Gasteiger partial charge in [-0.3, -0.25) is 4.79 Å². The van der Waals surface area contributed by atoms with Crippen molar-refractivity contribution in [2.45, 2.75) is 32.7 Å². The van der Waals surface area contributed by atoms with Crippen molar-refractivity contribution in [3.05, 3.63) is 76.3 Å². The van der Waals surface area contributed by atoms with Crippen LogP contribution in [0.3, 0.4) is 0 Å². The molecule has 0 aliphatic carbocycles. The van der Waals surface area contributed by atoms with Crippen LogP contribution in [-0.2, 0) is 11.8 Å². The molecule has 0 saturated carbocycles. The van der Waals surface area contributed by atoms with E-state index in [9.17, 15) is 4.79 Å². The molecule has 31 heavy (non-hydrogen) atoms. The number of halogens is 1. The van der Waals surface area contributed by atoms with Crippen LogP contribution in [0.1, 0.15) is 48.3 Å². The Labute approximate surface area is 188 Å². The van der Waals surface area contributed by atoms with Crippen LogP contribution >= 0.6 is 11.6 Å². The second kappa shape index (κ2) is 9.88. The zero-order chi connectivity index (χ0) is 22.5. The Hall–Kier alpha value is -2.99. The van der Waals surface area contributed by atoms with Crippen molar-refractivity contribution >= 4 is 17.5 Å². The van der Waals surface area contributed by atoms with Gasteiger partial charge in [-0.05, 0) is 42.2 Å². The van der Waals surface area contributed by atoms with Crippen molar-refractivity contribution in [3.63, 3.8) is 0 Å². The Morgan fingerprint density at radius 3 is 2.58 bits per heavy atom. The van der Waals surface area contributed by atoms with Crippen LogP contribution in [0, 0.1) is 6.92 Å². The number of nitrogens with one attached hydrogen (secondary N) is 1. The van der Waals surface area contributed by atoms with Gasteiger partial charge < -0.3 is 19.4 Å². The summed E-state index contributed by atoms with van der Waals surface area (Å²) in [4.78, 5) is 17.3. The highest BCUT2D eigenvalue weighted by Crippen LogP contribution is 2.32. The Morgan fingerprint density at radius 2 is 1.94 bits per heavy atom. The van der Waals surface area contributed by atoms with Gasteiger partial charge in [0.25, 0.3) is 5.91 Å². The number of carbonyl (C=O) groups is 1. The Kier molecular flexibility index (Phi) is 7.23. The summed E-state index contributed by atoms with van der Waals surface area (Å²) < 4.78 is 13.3. The van der Waals surface area contributed by atoms with Gasteiger partial charge in [-0.1, -0.05) is 43.6 Å². The number of aromatic nitrogens is 2. The quantitative estimate of drug-likeness (QED) is 0.545. The van der Waals surface area contributed by atoms with E-state index in [1.54, 1.807) is 13.3 Å². The second-order valence-corrected chi connectivity index (χ2v) is 8.13. The van der Waals surface area contributed by atoms with Crippen LogP contribution in [0.25, 0.3) is 0 Å². The summed E-state index contributed by atoms with van der Waals surface area (Å²) in [5, 5.41) is 3.73. The molecule has 164 valence electrons. The summed E-state index contributed by atoms with van der Waals surface area (Å²) in [5.41, 5.74) is 2.69. The molecule has 7 heteroatoms. The molecular formula is C24H28ClN3O3. The number of imidazole rings is 1. The van der Waals surface area contributed by atoms with Gasteiger partial charge in [0.1, 0.15) is 23.4 Å². The monoisotopic (exact) mass is 441 g/mol. The van der Waals surface area contributed by atoms with Crippen molar-refractivity contribution in [1.29, 1.82) is 0 Å². The zero-order valence-corrected chi connectivity index (χ0v) is 19.2. The summed E-state index contributed by atoms with van der Waals surface area (Å²) in [5.74, 6) is 1.99. The molecule has 3 rings (SSSR count). The largest absolute Gasteiger partial charge is 0.496 e. The lowest BCUT2D eigenvalue weighted by molar-refractivity contribution is -0.123. The first-order valence-electron chi connectivity index (χ1n) is 10.1. The first-order chi connectivity index (χ1) is 14.8. The summed E-state index contributed by atoms with van der Waals surface area (Å²) in [6.07, 6.45) is 3.54. The van der Waals surface area contributed by atoms with E-state index in [1.165, 1.54) is 0 Å². The van der Waals surface area contributed by atoms with Crippen molar-refractivity contribution in [3.8, 4) is 11.5 Å². The fourth-order valence-electron chi connectivity index (χ4n) is 3.43. The lowest BCUT2D eigenvalue weighted by Crippen LogP contribution is -2.34. The van der Waals surface area contributed by atoms with Crippen molar-refractivity contribution < 1.29 is 14.3 Å². The molecule has 0 spiro atoms. The first-order valence-corrected chi connectivity index (χ1v) is 10.5. The van der Waals surface area contributed by atoms with E-state index in [2.05, 4.69) is 24.1 Å². The average Bonchev–Trinajstić information content (AvgIpc) is 3.18. The predicted molar refractivity (Wildman–Crippen MR) is 122 cm³/mol.